The Morgan fingerprint density at radius 3 is 2.92 bits per heavy atom. The lowest BCUT2D eigenvalue weighted by molar-refractivity contribution is -0.0187. The number of thiophene rings is 1. The van der Waals surface area contributed by atoms with Crippen LogP contribution in [0.5, 0.6) is 11.5 Å². The van der Waals surface area contributed by atoms with Gasteiger partial charge in [0.1, 0.15) is 11.5 Å². The monoisotopic (exact) mass is 362 g/mol. The van der Waals surface area contributed by atoms with Gasteiger partial charge in [0.05, 0.1) is 11.8 Å². The zero-order valence-corrected chi connectivity index (χ0v) is 15.1. The summed E-state index contributed by atoms with van der Waals surface area (Å²) >= 11 is 1.66. The van der Waals surface area contributed by atoms with E-state index in [1.165, 1.54) is 0 Å². The number of hydrogen-bond acceptors (Lipinski definition) is 5. The second kappa shape index (κ2) is 5.88. The molecule has 1 aromatic heterocycles. The van der Waals surface area contributed by atoms with Crippen LogP contribution in [0.25, 0.3) is 0 Å². The molecule has 3 heterocycles. The minimum atomic E-state index is -0.245. The number of aryl methyl sites for hydroxylation is 1. The molecule has 0 spiro atoms. The molecule has 2 aliphatic heterocycles. The topological polar surface area (TPSA) is 45.1 Å². The Hall–Kier alpha value is -2.79. The Morgan fingerprint density at radius 1 is 1.19 bits per heavy atom. The molecule has 2 aliphatic rings. The van der Waals surface area contributed by atoms with E-state index in [9.17, 15) is 5.11 Å². The van der Waals surface area contributed by atoms with E-state index in [4.69, 9.17) is 9.84 Å². The lowest BCUT2D eigenvalue weighted by atomic mass is 9.95. The first kappa shape index (κ1) is 15.5. The number of benzene rings is 2. The molecule has 0 radical (unpaired) electrons. The molecular formula is C21H18N2O2S. The second-order valence-electron chi connectivity index (χ2n) is 6.73. The number of para-hydroxylation sites is 1. The normalized spacial score (nSPS) is 21.0. The number of aromatic hydroxyl groups is 1. The molecule has 0 saturated carbocycles. The minimum Gasteiger partial charge on any atom is -0.507 e. The molecule has 4 nitrogen and oxygen atoms in total. The van der Waals surface area contributed by atoms with Gasteiger partial charge >= 0.3 is 0 Å². The van der Waals surface area contributed by atoms with Crippen LogP contribution in [-0.4, -0.2) is 15.8 Å². The zero-order chi connectivity index (χ0) is 17.7. The van der Waals surface area contributed by atoms with E-state index >= 15 is 0 Å². The maximum absolute atomic E-state index is 10.3. The van der Waals surface area contributed by atoms with Crippen molar-refractivity contribution in [2.24, 2.45) is 5.10 Å². The predicted molar refractivity (Wildman–Crippen MR) is 103 cm³/mol. The lowest BCUT2D eigenvalue weighted by Gasteiger charge is -2.37. The Kier molecular flexibility index (Phi) is 3.50. The number of rotatable bonds is 2. The predicted octanol–water partition coefficient (Wildman–Crippen LogP) is 5.00. The first-order valence-corrected chi connectivity index (χ1v) is 9.58. The van der Waals surface area contributed by atoms with Crippen LogP contribution in [0.2, 0.25) is 0 Å². The Morgan fingerprint density at radius 2 is 2.08 bits per heavy atom. The van der Waals surface area contributed by atoms with Gasteiger partial charge in [-0.2, -0.15) is 16.4 Å². The van der Waals surface area contributed by atoms with Gasteiger partial charge in [-0.3, -0.25) is 0 Å². The molecule has 5 rings (SSSR count). The van der Waals surface area contributed by atoms with E-state index in [0.717, 1.165) is 40.1 Å². The van der Waals surface area contributed by atoms with Gasteiger partial charge in [0.2, 0.25) is 6.23 Å². The van der Waals surface area contributed by atoms with Crippen LogP contribution in [-0.2, 0) is 0 Å². The molecule has 26 heavy (non-hydrogen) atoms. The smallest absolute Gasteiger partial charge is 0.214 e. The van der Waals surface area contributed by atoms with E-state index in [1.807, 2.05) is 42.3 Å². The summed E-state index contributed by atoms with van der Waals surface area (Å²) in [6, 6.07) is 16.0. The van der Waals surface area contributed by atoms with Crippen molar-refractivity contribution < 1.29 is 9.84 Å². The van der Waals surface area contributed by atoms with Gasteiger partial charge < -0.3 is 9.84 Å². The molecule has 130 valence electrons. The molecule has 0 fully saturated rings. The number of hydrazone groups is 1. The molecule has 0 aliphatic carbocycles. The maximum atomic E-state index is 10.3. The van der Waals surface area contributed by atoms with E-state index in [-0.39, 0.29) is 18.0 Å². The summed E-state index contributed by atoms with van der Waals surface area (Å²) in [7, 11) is 0. The highest BCUT2D eigenvalue weighted by Crippen LogP contribution is 2.48. The first-order chi connectivity index (χ1) is 12.7. The highest BCUT2D eigenvalue weighted by Gasteiger charge is 2.41. The van der Waals surface area contributed by atoms with Gasteiger partial charge in [0.25, 0.3) is 0 Å². The van der Waals surface area contributed by atoms with Crippen molar-refractivity contribution in [2.75, 3.05) is 0 Å². The molecule has 2 unspecified atom stereocenters. The summed E-state index contributed by atoms with van der Waals surface area (Å²) in [6.45, 7) is 2.03. The maximum Gasteiger partial charge on any atom is 0.214 e. The fourth-order valence-corrected chi connectivity index (χ4v) is 4.38. The van der Waals surface area contributed by atoms with E-state index in [1.54, 1.807) is 17.4 Å². The fraction of sp³-hybridized carbons (Fsp3) is 0.190. The lowest BCUT2D eigenvalue weighted by Crippen LogP contribution is -2.33. The van der Waals surface area contributed by atoms with Crippen LogP contribution in [0.3, 0.4) is 0 Å². The summed E-state index contributed by atoms with van der Waals surface area (Å²) in [6.07, 6.45) is 0.503. The molecular weight excluding hydrogens is 344 g/mol. The van der Waals surface area contributed by atoms with Crippen molar-refractivity contribution >= 4 is 17.0 Å². The van der Waals surface area contributed by atoms with Gasteiger partial charge in [0.15, 0.2) is 0 Å². The summed E-state index contributed by atoms with van der Waals surface area (Å²) < 4.78 is 6.29. The molecule has 1 N–H and O–H groups in total. The summed E-state index contributed by atoms with van der Waals surface area (Å²) in [4.78, 5) is 0. The SMILES string of the molecule is Cc1ccc(O)c(C2=NN3C(C2)c2ccccc2OC3c2ccsc2)c1. The van der Waals surface area contributed by atoms with Crippen LogP contribution in [0.1, 0.15) is 40.9 Å². The van der Waals surface area contributed by atoms with Crippen LogP contribution < -0.4 is 4.74 Å². The molecule has 5 heteroatoms. The van der Waals surface area contributed by atoms with Gasteiger partial charge in [-0.25, -0.2) is 5.01 Å². The summed E-state index contributed by atoms with van der Waals surface area (Å²) in [5, 5.41) is 21.4. The Labute approximate surface area is 156 Å². The number of fused-ring (bicyclic) bond motifs is 3. The number of nitrogens with zero attached hydrogens (tertiary/aromatic N) is 2. The molecule has 2 atom stereocenters. The number of phenols is 1. The second-order valence-corrected chi connectivity index (χ2v) is 7.51. The van der Waals surface area contributed by atoms with E-state index in [0.29, 0.717) is 0 Å². The van der Waals surface area contributed by atoms with Gasteiger partial charge in [-0.05, 0) is 41.9 Å². The molecule has 3 aromatic rings. The van der Waals surface area contributed by atoms with Crippen molar-refractivity contribution in [3.63, 3.8) is 0 Å². The highest BCUT2D eigenvalue weighted by atomic mass is 32.1. The average molecular weight is 362 g/mol. The third-order valence-corrected chi connectivity index (χ3v) is 5.69. The first-order valence-electron chi connectivity index (χ1n) is 8.64. The van der Waals surface area contributed by atoms with Crippen molar-refractivity contribution in [2.45, 2.75) is 25.6 Å². The minimum absolute atomic E-state index is 0.111. The quantitative estimate of drug-likeness (QED) is 0.697. The third-order valence-electron chi connectivity index (χ3n) is 4.99. The fourth-order valence-electron chi connectivity index (χ4n) is 3.71. The summed E-state index contributed by atoms with van der Waals surface area (Å²) in [5.41, 5.74) is 5.06. The van der Waals surface area contributed by atoms with E-state index in [2.05, 4.69) is 22.9 Å². The molecule has 2 aromatic carbocycles. The van der Waals surface area contributed by atoms with Gasteiger partial charge in [0, 0.05) is 23.1 Å². The highest BCUT2D eigenvalue weighted by molar-refractivity contribution is 7.07. The van der Waals surface area contributed by atoms with Gasteiger partial charge in [-0.1, -0.05) is 29.8 Å². The molecule has 0 saturated heterocycles. The van der Waals surface area contributed by atoms with Crippen LogP contribution in [0.4, 0.5) is 0 Å². The van der Waals surface area contributed by atoms with Crippen molar-refractivity contribution in [1.82, 2.24) is 5.01 Å². The number of phenolic OH excluding ortho intramolecular Hbond substituents is 1. The van der Waals surface area contributed by atoms with E-state index < -0.39 is 0 Å². The van der Waals surface area contributed by atoms with Crippen LogP contribution in [0.15, 0.2) is 64.4 Å². The molecule has 0 amide bonds. The Bertz CT molecular complexity index is 997. The van der Waals surface area contributed by atoms with Crippen LogP contribution >= 0.6 is 11.3 Å². The summed E-state index contributed by atoms with van der Waals surface area (Å²) in [5.74, 6) is 1.19. The van der Waals surface area contributed by atoms with Crippen molar-refractivity contribution in [3.8, 4) is 11.5 Å². The van der Waals surface area contributed by atoms with Crippen molar-refractivity contribution in [1.29, 1.82) is 0 Å². The zero-order valence-electron chi connectivity index (χ0n) is 14.3. The van der Waals surface area contributed by atoms with Crippen LogP contribution in [0, 0.1) is 6.92 Å². The van der Waals surface area contributed by atoms with Crippen molar-refractivity contribution in [3.05, 3.63) is 81.5 Å². The number of ether oxygens (including phenoxy) is 1. The number of hydrogen-bond donors (Lipinski definition) is 1. The van der Waals surface area contributed by atoms with Gasteiger partial charge in [-0.15, -0.1) is 0 Å². The largest absolute Gasteiger partial charge is 0.507 e. The Balaban J connectivity index is 1.62. The standard InChI is InChI=1S/C21H18N2O2S/c1-13-6-7-19(24)16(10-13)17-11-18-15-4-2-3-5-20(15)25-21(23(18)22-17)14-8-9-26-12-14/h2-10,12,18,21,24H,11H2,1H3. The molecule has 0 bridgehead atoms. The average Bonchev–Trinajstić information content (AvgIpc) is 3.33. The third kappa shape index (κ3) is 2.39.